The second-order valence-corrected chi connectivity index (χ2v) is 4.33. The molecule has 0 radical (unpaired) electrons. The summed E-state index contributed by atoms with van der Waals surface area (Å²) in [5, 5.41) is 9.36. The number of esters is 1. The molecule has 1 heterocycles. The molecule has 100 valence electrons. The smallest absolute Gasteiger partial charge is 0.337 e. The van der Waals surface area contributed by atoms with E-state index in [-0.39, 0.29) is 24.4 Å². The molecule has 0 saturated heterocycles. The Morgan fingerprint density at radius 2 is 2.39 bits per heavy atom. The summed E-state index contributed by atoms with van der Waals surface area (Å²) in [6.07, 6.45) is 3.65. The number of carbonyl (C=O) groups excluding carboxylic acids is 1. The number of hydrogen-bond acceptors (Lipinski definition) is 5. The lowest BCUT2D eigenvalue weighted by Gasteiger charge is -2.34. The van der Waals surface area contributed by atoms with E-state index >= 15 is 0 Å². The molecule has 0 saturated carbocycles. The van der Waals surface area contributed by atoms with Crippen molar-refractivity contribution in [3.05, 3.63) is 23.5 Å². The summed E-state index contributed by atoms with van der Waals surface area (Å²) >= 11 is 0. The molecule has 0 fully saturated rings. The lowest BCUT2D eigenvalue weighted by Crippen LogP contribution is -2.37. The number of fused-ring (bicyclic) bond motifs is 1. The number of rotatable bonds is 4. The van der Waals surface area contributed by atoms with Crippen LogP contribution in [-0.2, 0) is 19.0 Å². The Kier molecular flexibility index (Phi) is 4.04. The molecule has 2 unspecified atom stereocenters. The van der Waals surface area contributed by atoms with E-state index in [1.165, 1.54) is 13.4 Å². The first-order valence-electron chi connectivity index (χ1n) is 6.08. The molecule has 0 bridgehead atoms. The zero-order chi connectivity index (χ0) is 13.1. The number of aliphatic hydroxyl groups is 1. The summed E-state index contributed by atoms with van der Waals surface area (Å²) in [5.41, 5.74) is 1.38. The maximum Gasteiger partial charge on any atom is 0.337 e. The molecule has 3 atom stereocenters. The van der Waals surface area contributed by atoms with Crippen molar-refractivity contribution >= 4 is 5.97 Å². The Hall–Kier alpha value is -1.33. The van der Waals surface area contributed by atoms with Gasteiger partial charge in [-0.2, -0.15) is 0 Å². The predicted molar refractivity (Wildman–Crippen MR) is 63.4 cm³/mol. The van der Waals surface area contributed by atoms with E-state index in [1.54, 1.807) is 0 Å². The van der Waals surface area contributed by atoms with Crippen LogP contribution < -0.4 is 0 Å². The summed E-state index contributed by atoms with van der Waals surface area (Å²) in [7, 11) is 1.35. The first-order chi connectivity index (χ1) is 8.72. The first kappa shape index (κ1) is 13.1. The third-order valence-electron chi connectivity index (χ3n) is 3.45. The van der Waals surface area contributed by atoms with Gasteiger partial charge in [-0.05, 0) is 18.9 Å². The van der Waals surface area contributed by atoms with E-state index in [0.717, 1.165) is 5.57 Å². The third-order valence-corrected chi connectivity index (χ3v) is 3.45. The minimum atomic E-state index is -0.436. The van der Waals surface area contributed by atoms with Crippen molar-refractivity contribution < 1.29 is 24.1 Å². The Labute approximate surface area is 106 Å². The van der Waals surface area contributed by atoms with Crippen LogP contribution in [0.2, 0.25) is 0 Å². The van der Waals surface area contributed by atoms with Crippen molar-refractivity contribution in [1.29, 1.82) is 0 Å². The van der Waals surface area contributed by atoms with Gasteiger partial charge in [0.2, 0.25) is 6.29 Å². The normalized spacial score (nSPS) is 30.1. The zero-order valence-electron chi connectivity index (χ0n) is 10.6. The van der Waals surface area contributed by atoms with Gasteiger partial charge >= 0.3 is 5.97 Å². The minimum Gasteiger partial charge on any atom is -0.471 e. The molecular formula is C13H18O5. The standard InChI is InChI=1S/C13H18O5/c1-3-17-13-11-8(6-14)4-5-9(11)10(7-18-13)12(15)16-2/h4,7,9,11,13-14H,3,5-6H2,1-2H3/t9?,11?,13-/m1/s1. The number of methoxy groups -OCH3 is 1. The molecule has 0 amide bonds. The predicted octanol–water partition coefficient (Wildman–Crippen LogP) is 0.991. The fraction of sp³-hybridized carbons (Fsp3) is 0.615. The summed E-state index contributed by atoms with van der Waals surface area (Å²) in [5.74, 6) is -0.508. The number of hydrogen-bond donors (Lipinski definition) is 1. The Balaban J connectivity index is 2.25. The molecule has 0 aromatic heterocycles. The highest BCUT2D eigenvalue weighted by molar-refractivity contribution is 5.89. The summed E-state index contributed by atoms with van der Waals surface area (Å²) in [6.45, 7) is 2.37. The summed E-state index contributed by atoms with van der Waals surface area (Å²) in [4.78, 5) is 11.7. The molecule has 5 heteroatoms. The van der Waals surface area contributed by atoms with E-state index in [9.17, 15) is 9.90 Å². The molecule has 2 rings (SSSR count). The van der Waals surface area contributed by atoms with Gasteiger partial charge < -0.3 is 19.3 Å². The highest BCUT2D eigenvalue weighted by Crippen LogP contribution is 2.43. The number of aliphatic hydroxyl groups excluding tert-OH is 1. The van der Waals surface area contributed by atoms with Crippen LogP contribution in [0.3, 0.4) is 0 Å². The third kappa shape index (κ3) is 2.15. The Morgan fingerprint density at radius 1 is 1.61 bits per heavy atom. The second kappa shape index (κ2) is 5.54. The van der Waals surface area contributed by atoms with Crippen LogP contribution in [-0.4, -0.2) is 37.7 Å². The molecule has 5 nitrogen and oxygen atoms in total. The Morgan fingerprint density at radius 3 is 3.00 bits per heavy atom. The molecule has 0 aromatic rings. The lowest BCUT2D eigenvalue weighted by molar-refractivity contribution is -0.154. The van der Waals surface area contributed by atoms with Crippen LogP contribution in [0.25, 0.3) is 0 Å². The van der Waals surface area contributed by atoms with Crippen molar-refractivity contribution in [3.8, 4) is 0 Å². The molecule has 1 aliphatic heterocycles. The molecular weight excluding hydrogens is 236 g/mol. The summed E-state index contributed by atoms with van der Waals surface area (Å²) < 4.78 is 15.7. The van der Waals surface area contributed by atoms with Crippen molar-refractivity contribution in [2.75, 3.05) is 20.3 Å². The highest BCUT2D eigenvalue weighted by atomic mass is 16.7. The van der Waals surface area contributed by atoms with Crippen LogP contribution in [0.1, 0.15) is 13.3 Å². The van der Waals surface area contributed by atoms with E-state index < -0.39 is 6.29 Å². The van der Waals surface area contributed by atoms with E-state index in [0.29, 0.717) is 18.6 Å². The number of allylic oxidation sites excluding steroid dienone is 1. The van der Waals surface area contributed by atoms with Crippen molar-refractivity contribution in [2.24, 2.45) is 11.8 Å². The SMILES string of the molecule is CCO[C@@H]1OC=C(C(=O)OC)C2CC=C(CO)C21. The number of carbonyl (C=O) groups is 1. The second-order valence-electron chi connectivity index (χ2n) is 4.33. The molecule has 1 N–H and O–H groups in total. The summed E-state index contributed by atoms with van der Waals surface area (Å²) in [6, 6.07) is 0. The van der Waals surface area contributed by atoms with Crippen molar-refractivity contribution in [2.45, 2.75) is 19.6 Å². The monoisotopic (exact) mass is 254 g/mol. The molecule has 0 aromatic carbocycles. The van der Waals surface area contributed by atoms with E-state index in [2.05, 4.69) is 0 Å². The van der Waals surface area contributed by atoms with Gasteiger partial charge in [-0.15, -0.1) is 0 Å². The largest absolute Gasteiger partial charge is 0.471 e. The van der Waals surface area contributed by atoms with Gasteiger partial charge in [-0.25, -0.2) is 4.79 Å². The highest BCUT2D eigenvalue weighted by Gasteiger charge is 2.44. The molecule has 2 aliphatic rings. The van der Waals surface area contributed by atoms with Gasteiger partial charge in [0.05, 0.1) is 31.5 Å². The maximum absolute atomic E-state index is 11.7. The van der Waals surface area contributed by atoms with E-state index in [4.69, 9.17) is 14.2 Å². The van der Waals surface area contributed by atoms with Gasteiger partial charge in [0.15, 0.2) is 0 Å². The van der Waals surface area contributed by atoms with Crippen LogP contribution in [0.5, 0.6) is 0 Å². The lowest BCUT2D eigenvalue weighted by atomic mass is 9.83. The van der Waals surface area contributed by atoms with Gasteiger partial charge in [-0.3, -0.25) is 0 Å². The fourth-order valence-electron chi connectivity index (χ4n) is 2.61. The van der Waals surface area contributed by atoms with Gasteiger partial charge in [0, 0.05) is 12.5 Å². The van der Waals surface area contributed by atoms with Crippen LogP contribution in [0.15, 0.2) is 23.5 Å². The van der Waals surface area contributed by atoms with Gasteiger partial charge in [0.1, 0.15) is 0 Å². The first-order valence-corrected chi connectivity index (χ1v) is 6.08. The fourth-order valence-corrected chi connectivity index (χ4v) is 2.61. The van der Waals surface area contributed by atoms with Gasteiger partial charge in [0.25, 0.3) is 0 Å². The van der Waals surface area contributed by atoms with Crippen LogP contribution in [0.4, 0.5) is 0 Å². The average molecular weight is 254 g/mol. The molecule has 1 aliphatic carbocycles. The molecule has 0 spiro atoms. The van der Waals surface area contributed by atoms with Crippen LogP contribution >= 0.6 is 0 Å². The molecule has 18 heavy (non-hydrogen) atoms. The zero-order valence-corrected chi connectivity index (χ0v) is 10.6. The average Bonchev–Trinajstić information content (AvgIpc) is 2.82. The van der Waals surface area contributed by atoms with Crippen molar-refractivity contribution in [1.82, 2.24) is 0 Å². The van der Waals surface area contributed by atoms with Crippen LogP contribution in [0, 0.1) is 11.8 Å². The Bertz CT molecular complexity index is 385. The van der Waals surface area contributed by atoms with Gasteiger partial charge in [-0.1, -0.05) is 6.08 Å². The minimum absolute atomic E-state index is 0.0232. The maximum atomic E-state index is 11.7. The number of ether oxygens (including phenoxy) is 3. The van der Waals surface area contributed by atoms with Crippen molar-refractivity contribution in [3.63, 3.8) is 0 Å². The topological polar surface area (TPSA) is 65.0 Å². The van der Waals surface area contributed by atoms with E-state index in [1.807, 2.05) is 13.0 Å². The quantitative estimate of drug-likeness (QED) is 0.598.